The Morgan fingerprint density at radius 3 is 2.70 bits per heavy atom. The molecule has 0 aliphatic carbocycles. The molecule has 4 heteroatoms. The van der Waals surface area contributed by atoms with Gasteiger partial charge in [0.15, 0.2) is 0 Å². The van der Waals surface area contributed by atoms with E-state index in [1.165, 1.54) is 20.5 Å². The first kappa shape index (κ1) is 15.7. The van der Waals surface area contributed by atoms with Gasteiger partial charge in [0.25, 0.3) is 0 Å². The maximum Gasteiger partial charge on any atom is 0.0561 e. The summed E-state index contributed by atoms with van der Waals surface area (Å²) in [6.45, 7) is 3.95. The standard InChI is InChI=1S/C16H21BrN2S/c1-12-6-7-13(14(17)9-12)10-18-11-15(19(2)3)16-5-4-8-20-16/h4-9,15,18H,10-11H2,1-3H3. The van der Waals surface area contributed by atoms with Crippen LogP contribution >= 0.6 is 27.3 Å². The Labute approximate surface area is 133 Å². The molecular formula is C16H21BrN2S. The van der Waals surface area contributed by atoms with Crippen LogP contribution in [0.4, 0.5) is 0 Å². The first-order chi connectivity index (χ1) is 9.58. The molecule has 0 radical (unpaired) electrons. The van der Waals surface area contributed by atoms with Gasteiger partial charge in [0.05, 0.1) is 6.04 Å². The normalized spacial score (nSPS) is 12.8. The fourth-order valence-corrected chi connectivity index (χ4v) is 3.71. The second-order valence-corrected chi connectivity index (χ2v) is 7.05. The summed E-state index contributed by atoms with van der Waals surface area (Å²) in [5, 5.41) is 5.71. The van der Waals surface area contributed by atoms with Gasteiger partial charge in [-0.05, 0) is 49.7 Å². The van der Waals surface area contributed by atoms with Gasteiger partial charge in [0.1, 0.15) is 0 Å². The molecule has 0 saturated carbocycles. The molecule has 1 aromatic heterocycles. The maximum atomic E-state index is 3.63. The summed E-state index contributed by atoms with van der Waals surface area (Å²) in [5.41, 5.74) is 2.59. The van der Waals surface area contributed by atoms with Crippen molar-refractivity contribution in [1.82, 2.24) is 10.2 Å². The largest absolute Gasteiger partial charge is 0.311 e. The third kappa shape index (κ3) is 4.16. The summed E-state index contributed by atoms with van der Waals surface area (Å²) in [6.07, 6.45) is 0. The van der Waals surface area contributed by atoms with Gasteiger partial charge in [-0.15, -0.1) is 11.3 Å². The van der Waals surface area contributed by atoms with Crippen molar-refractivity contribution < 1.29 is 0 Å². The van der Waals surface area contributed by atoms with E-state index in [9.17, 15) is 0 Å². The van der Waals surface area contributed by atoms with Crippen molar-refractivity contribution in [2.24, 2.45) is 0 Å². The molecule has 2 aromatic rings. The highest BCUT2D eigenvalue weighted by Crippen LogP contribution is 2.23. The van der Waals surface area contributed by atoms with Gasteiger partial charge in [-0.25, -0.2) is 0 Å². The van der Waals surface area contributed by atoms with Gasteiger partial charge in [-0.2, -0.15) is 0 Å². The highest BCUT2D eigenvalue weighted by molar-refractivity contribution is 9.10. The fourth-order valence-electron chi connectivity index (χ4n) is 2.16. The van der Waals surface area contributed by atoms with Crippen LogP contribution in [0.1, 0.15) is 22.0 Å². The van der Waals surface area contributed by atoms with Crippen LogP contribution in [0.25, 0.3) is 0 Å². The number of rotatable bonds is 6. The molecule has 2 nitrogen and oxygen atoms in total. The van der Waals surface area contributed by atoms with Gasteiger partial charge in [-0.1, -0.05) is 34.1 Å². The molecule has 0 bridgehead atoms. The van der Waals surface area contributed by atoms with E-state index in [4.69, 9.17) is 0 Å². The minimum absolute atomic E-state index is 0.430. The van der Waals surface area contributed by atoms with Crippen molar-refractivity contribution in [3.8, 4) is 0 Å². The van der Waals surface area contributed by atoms with Crippen LogP contribution in [0.15, 0.2) is 40.2 Å². The Kier molecular flexibility index (Phi) is 5.78. The second kappa shape index (κ2) is 7.36. The first-order valence-corrected chi connectivity index (χ1v) is 8.41. The Bertz CT molecular complexity index is 537. The number of likely N-dealkylation sites (N-methyl/N-ethyl adjacent to an activating group) is 1. The molecule has 1 atom stereocenters. The Morgan fingerprint density at radius 2 is 2.10 bits per heavy atom. The highest BCUT2D eigenvalue weighted by Gasteiger charge is 2.14. The van der Waals surface area contributed by atoms with Gasteiger partial charge in [-0.3, -0.25) is 0 Å². The fraction of sp³-hybridized carbons (Fsp3) is 0.375. The number of halogens is 1. The average Bonchev–Trinajstić information content (AvgIpc) is 2.90. The molecule has 1 unspecified atom stereocenters. The zero-order valence-electron chi connectivity index (χ0n) is 12.2. The van der Waals surface area contributed by atoms with Crippen LogP contribution in [0.3, 0.4) is 0 Å². The molecule has 20 heavy (non-hydrogen) atoms. The molecular weight excluding hydrogens is 332 g/mol. The van der Waals surface area contributed by atoms with Crippen LogP contribution < -0.4 is 5.32 Å². The number of nitrogens with zero attached hydrogens (tertiary/aromatic N) is 1. The number of aryl methyl sites for hydroxylation is 1. The summed E-state index contributed by atoms with van der Waals surface area (Å²) in [4.78, 5) is 3.67. The zero-order valence-corrected chi connectivity index (χ0v) is 14.6. The molecule has 2 rings (SSSR count). The topological polar surface area (TPSA) is 15.3 Å². The van der Waals surface area contributed by atoms with Crippen LogP contribution in [0.2, 0.25) is 0 Å². The Hall–Kier alpha value is -0.680. The van der Waals surface area contributed by atoms with Gasteiger partial charge in [0, 0.05) is 22.4 Å². The lowest BCUT2D eigenvalue weighted by Crippen LogP contribution is -2.30. The molecule has 0 spiro atoms. The molecule has 1 aromatic carbocycles. The van der Waals surface area contributed by atoms with E-state index in [2.05, 4.69) is 82.9 Å². The molecule has 0 aliphatic rings. The van der Waals surface area contributed by atoms with E-state index < -0.39 is 0 Å². The lowest BCUT2D eigenvalue weighted by Gasteiger charge is -2.23. The Balaban J connectivity index is 1.94. The van der Waals surface area contributed by atoms with E-state index in [0.29, 0.717) is 6.04 Å². The number of hydrogen-bond acceptors (Lipinski definition) is 3. The van der Waals surface area contributed by atoms with Crippen molar-refractivity contribution in [1.29, 1.82) is 0 Å². The average molecular weight is 353 g/mol. The number of thiophene rings is 1. The summed E-state index contributed by atoms with van der Waals surface area (Å²) < 4.78 is 1.18. The zero-order chi connectivity index (χ0) is 14.5. The summed E-state index contributed by atoms with van der Waals surface area (Å²) >= 11 is 5.45. The predicted octanol–water partition coefficient (Wildman–Crippen LogP) is 4.21. The highest BCUT2D eigenvalue weighted by atomic mass is 79.9. The van der Waals surface area contributed by atoms with E-state index in [-0.39, 0.29) is 0 Å². The lowest BCUT2D eigenvalue weighted by atomic mass is 10.1. The van der Waals surface area contributed by atoms with Crippen LogP contribution in [0, 0.1) is 6.92 Å². The van der Waals surface area contributed by atoms with Crippen molar-refractivity contribution in [2.75, 3.05) is 20.6 Å². The maximum absolute atomic E-state index is 3.63. The van der Waals surface area contributed by atoms with Crippen LogP contribution in [-0.4, -0.2) is 25.5 Å². The smallest absolute Gasteiger partial charge is 0.0561 e. The molecule has 108 valence electrons. The van der Waals surface area contributed by atoms with Crippen LogP contribution in [-0.2, 0) is 6.54 Å². The Morgan fingerprint density at radius 1 is 1.30 bits per heavy atom. The van der Waals surface area contributed by atoms with E-state index >= 15 is 0 Å². The van der Waals surface area contributed by atoms with Crippen molar-refractivity contribution in [3.63, 3.8) is 0 Å². The second-order valence-electron chi connectivity index (χ2n) is 5.22. The third-order valence-electron chi connectivity index (χ3n) is 3.36. The predicted molar refractivity (Wildman–Crippen MR) is 91.3 cm³/mol. The number of nitrogens with one attached hydrogen (secondary N) is 1. The van der Waals surface area contributed by atoms with E-state index in [1.54, 1.807) is 0 Å². The minimum atomic E-state index is 0.430. The molecule has 0 amide bonds. The minimum Gasteiger partial charge on any atom is -0.311 e. The van der Waals surface area contributed by atoms with Gasteiger partial charge < -0.3 is 10.2 Å². The van der Waals surface area contributed by atoms with Crippen molar-refractivity contribution >= 4 is 27.3 Å². The van der Waals surface area contributed by atoms with E-state index in [1.807, 2.05) is 11.3 Å². The molecule has 1 N–H and O–H groups in total. The summed E-state index contributed by atoms with van der Waals surface area (Å²) in [7, 11) is 4.27. The molecule has 0 fully saturated rings. The van der Waals surface area contributed by atoms with E-state index in [0.717, 1.165) is 13.1 Å². The van der Waals surface area contributed by atoms with Gasteiger partial charge in [0.2, 0.25) is 0 Å². The molecule has 0 aliphatic heterocycles. The quantitative estimate of drug-likeness (QED) is 0.837. The number of hydrogen-bond donors (Lipinski definition) is 1. The molecule has 1 heterocycles. The van der Waals surface area contributed by atoms with Gasteiger partial charge >= 0.3 is 0 Å². The summed E-state index contributed by atoms with van der Waals surface area (Å²) in [6, 6.07) is 11.3. The summed E-state index contributed by atoms with van der Waals surface area (Å²) in [5.74, 6) is 0. The lowest BCUT2D eigenvalue weighted by molar-refractivity contribution is 0.292. The SMILES string of the molecule is Cc1ccc(CNCC(c2cccs2)N(C)C)c(Br)c1. The molecule has 0 saturated heterocycles. The third-order valence-corrected chi connectivity index (χ3v) is 5.07. The number of benzene rings is 1. The van der Waals surface area contributed by atoms with Crippen molar-refractivity contribution in [2.45, 2.75) is 19.5 Å². The van der Waals surface area contributed by atoms with Crippen molar-refractivity contribution in [3.05, 3.63) is 56.2 Å². The monoisotopic (exact) mass is 352 g/mol. The van der Waals surface area contributed by atoms with Crippen LogP contribution in [0.5, 0.6) is 0 Å². The first-order valence-electron chi connectivity index (χ1n) is 6.73.